The number of nitrogens with zero attached hydrogens (tertiary/aromatic N) is 5. The fraction of sp³-hybridized carbons (Fsp3) is 0.250. The Kier molecular flexibility index (Phi) is 10.1. The number of alkyl halides is 3. The van der Waals surface area contributed by atoms with E-state index in [1.54, 1.807) is 41.6 Å². The quantitative estimate of drug-likeness (QED) is 0.204. The second-order valence-electron chi connectivity index (χ2n) is 12.0. The lowest BCUT2D eigenvalue weighted by Gasteiger charge is -2.34. The van der Waals surface area contributed by atoms with Crippen molar-refractivity contribution in [2.45, 2.75) is 51.8 Å². The van der Waals surface area contributed by atoms with Crippen LogP contribution in [0.15, 0.2) is 94.5 Å². The smallest absolute Gasteiger partial charge is 0.417 e. The van der Waals surface area contributed by atoms with E-state index in [-0.39, 0.29) is 42.7 Å². The highest BCUT2D eigenvalue weighted by Gasteiger charge is 2.39. The third-order valence-electron chi connectivity index (χ3n) is 8.57. The van der Waals surface area contributed by atoms with Gasteiger partial charge in [-0.05, 0) is 73.5 Å². The molecule has 0 aliphatic carbocycles. The zero-order valence-electron chi connectivity index (χ0n) is 27.4. The van der Waals surface area contributed by atoms with E-state index in [2.05, 4.69) is 31.2 Å². The third-order valence-corrected chi connectivity index (χ3v) is 9.46. The Hall–Kier alpha value is -5.28. The number of benzene rings is 3. The van der Waals surface area contributed by atoms with Gasteiger partial charge in [0.25, 0.3) is 11.8 Å². The van der Waals surface area contributed by atoms with Crippen molar-refractivity contribution in [1.29, 1.82) is 0 Å². The van der Waals surface area contributed by atoms with Crippen LogP contribution in [0.5, 0.6) is 5.75 Å². The van der Waals surface area contributed by atoms with Crippen LogP contribution in [0, 0.1) is 6.92 Å². The number of aliphatic hydroxyl groups is 1. The highest BCUT2D eigenvalue weighted by molar-refractivity contribution is 9.10. The fourth-order valence-electron chi connectivity index (χ4n) is 5.86. The van der Waals surface area contributed by atoms with E-state index in [9.17, 15) is 32.7 Å². The predicted octanol–water partition coefficient (Wildman–Crippen LogP) is 5.44. The van der Waals surface area contributed by atoms with E-state index >= 15 is 0 Å². The maximum Gasteiger partial charge on any atom is 0.417 e. The molecule has 1 aliphatic rings. The average molecular weight is 766 g/mol. The number of rotatable bonds is 9. The topological polar surface area (TPSA) is 132 Å². The van der Waals surface area contributed by atoms with E-state index in [0.29, 0.717) is 22.6 Å². The number of ether oxygens (including phenoxy) is 1. The van der Waals surface area contributed by atoms with Gasteiger partial charge in [-0.2, -0.15) is 13.2 Å². The van der Waals surface area contributed by atoms with Gasteiger partial charge in [0.05, 0.1) is 17.9 Å². The first-order valence-electron chi connectivity index (χ1n) is 15.9. The number of hydrogen-bond acceptors (Lipinski definition) is 7. The van der Waals surface area contributed by atoms with Gasteiger partial charge in [-0.3, -0.25) is 18.7 Å². The van der Waals surface area contributed by atoms with Crippen LogP contribution in [0.3, 0.4) is 0 Å². The van der Waals surface area contributed by atoms with Crippen molar-refractivity contribution >= 4 is 27.7 Å². The van der Waals surface area contributed by atoms with Crippen molar-refractivity contribution in [2.75, 3.05) is 6.61 Å². The first-order chi connectivity index (χ1) is 24.3. The molecule has 0 fully saturated rings. The molecular weight excluding hydrogens is 733 g/mol. The zero-order valence-corrected chi connectivity index (χ0v) is 29.0. The molecule has 5 aromatic rings. The van der Waals surface area contributed by atoms with Crippen LogP contribution >= 0.6 is 15.9 Å². The number of aliphatic hydroxyl groups excluding tert-OH is 1. The number of hydrogen-bond donors (Lipinski definition) is 2. The number of nitrogens with one attached hydrogen (secondary N) is 1. The van der Waals surface area contributed by atoms with E-state index in [0.717, 1.165) is 15.6 Å². The summed E-state index contributed by atoms with van der Waals surface area (Å²) < 4.78 is 47.0. The minimum absolute atomic E-state index is 0.00806. The van der Waals surface area contributed by atoms with Crippen molar-refractivity contribution in [3.05, 3.63) is 128 Å². The third kappa shape index (κ3) is 7.44. The van der Waals surface area contributed by atoms with Gasteiger partial charge in [0, 0.05) is 47.1 Å². The number of imidazole rings is 1. The van der Waals surface area contributed by atoms with Crippen molar-refractivity contribution in [2.24, 2.45) is 0 Å². The highest BCUT2D eigenvalue weighted by Crippen LogP contribution is 2.28. The van der Waals surface area contributed by atoms with Gasteiger partial charge in [-0.25, -0.2) is 14.8 Å². The Bertz CT molecular complexity index is 2140. The van der Waals surface area contributed by atoms with Crippen molar-refractivity contribution < 1.29 is 32.6 Å². The molecule has 3 heterocycles. The second-order valence-corrected chi connectivity index (χ2v) is 12.9. The molecule has 2 aromatic heterocycles. The first-order valence-corrected chi connectivity index (χ1v) is 16.7. The second kappa shape index (κ2) is 14.5. The lowest BCUT2D eigenvalue weighted by atomic mass is 10.1. The summed E-state index contributed by atoms with van der Waals surface area (Å²) in [5, 5.41) is 12.2. The molecule has 0 radical (unpaired) electrons. The van der Waals surface area contributed by atoms with Crippen LogP contribution in [0.1, 0.15) is 44.6 Å². The number of carbonyl (C=O) groups excluding carboxylic acids is 2. The van der Waals surface area contributed by atoms with Gasteiger partial charge in [-0.1, -0.05) is 40.2 Å². The summed E-state index contributed by atoms with van der Waals surface area (Å²) >= 11 is 3.46. The van der Waals surface area contributed by atoms with E-state index in [4.69, 9.17) is 4.74 Å². The number of halogens is 4. The summed E-state index contributed by atoms with van der Waals surface area (Å²) in [5.41, 5.74) is 2.76. The highest BCUT2D eigenvalue weighted by atomic mass is 79.9. The predicted molar refractivity (Wildman–Crippen MR) is 184 cm³/mol. The summed E-state index contributed by atoms with van der Waals surface area (Å²) in [6.45, 7) is 2.78. The molecule has 51 heavy (non-hydrogen) atoms. The molecule has 6 rings (SSSR count). The lowest BCUT2D eigenvalue weighted by Crippen LogP contribution is -2.47. The van der Waals surface area contributed by atoms with Crippen molar-refractivity contribution in [1.82, 2.24) is 29.3 Å². The van der Waals surface area contributed by atoms with Gasteiger partial charge >= 0.3 is 11.9 Å². The Morgan fingerprint density at radius 1 is 1.06 bits per heavy atom. The zero-order chi connectivity index (χ0) is 36.4. The Morgan fingerprint density at radius 3 is 2.45 bits per heavy atom. The van der Waals surface area contributed by atoms with Crippen LogP contribution in [0.2, 0.25) is 0 Å². The van der Waals surface area contributed by atoms with Gasteiger partial charge in [0.2, 0.25) is 0 Å². The summed E-state index contributed by atoms with van der Waals surface area (Å²) in [7, 11) is 0. The summed E-state index contributed by atoms with van der Waals surface area (Å²) in [5.74, 6) is -0.383. The number of carbonyl (C=O) groups is 2. The van der Waals surface area contributed by atoms with Crippen LogP contribution in [0.25, 0.3) is 17.1 Å². The van der Waals surface area contributed by atoms with Gasteiger partial charge in [0.15, 0.2) is 11.9 Å². The van der Waals surface area contributed by atoms with Crippen molar-refractivity contribution in [3.63, 3.8) is 0 Å². The minimum Gasteiger partial charge on any atom is -0.491 e. The minimum atomic E-state index is -4.85. The van der Waals surface area contributed by atoms with Crippen LogP contribution in [-0.2, 0) is 19.6 Å². The number of aryl methyl sites for hydroxylation is 1. The number of amides is 2. The molecule has 15 heteroatoms. The molecule has 1 aliphatic heterocycles. The molecule has 11 nitrogen and oxygen atoms in total. The van der Waals surface area contributed by atoms with Gasteiger partial charge < -0.3 is 20.1 Å². The molecule has 3 aromatic carbocycles. The summed E-state index contributed by atoms with van der Waals surface area (Å²) in [6, 6.07) is 19.4. The Balaban J connectivity index is 1.36. The number of fused-ring (bicyclic) bond motifs is 1. The standard InChI is InChI=1S/C36H32BrF3N6O5/c1-21-16-23(8-13-28(21)37)34(49)44-19-29-31(33(48)43-17-24-6-3-4-7-27(24)32-41-14-5-15-42-32)46(35(50)45(29)18-22(44)2)25-9-11-26(12-10-25)51-20-30(47)36(38,39)40/h3-16,22,30,47H,17-20H2,1-2H3,(H,43,48)/t22-,30-/m0/s1. The lowest BCUT2D eigenvalue weighted by molar-refractivity contribution is -0.210. The molecule has 2 amide bonds. The molecule has 2 atom stereocenters. The van der Waals surface area contributed by atoms with E-state index < -0.39 is 36.5 Å². The van der Waals surface area contributed by atoms with Crippen LogP contribution < -0.4 is 15.7 Å². The number of aromatic nitrogens is 4. The molecular formula is C36H32BrF3N6O5. The van der Waals surface area contributed by atoms with Gasteiger partial charge in [-0.15, -0.1) is 0 Å². The first kappa shape index (κ1) is 35.5. The molecule has 264 valence electrons. The van der Waals surface area contributed by atoms with Crippen LogP contribution in [-0.4, -0.2) is 65.9 Å². The van der Waals surface area contributed by atoms with Crippen LogP contribution in [0.4, 0.5) is 13.2 Å². The maximum absolute atomic E-state index is 14.2. The van der Waals surface area contributed by atoms with E-state index in [1.807, 2.05) is 38.1 Å². The summed E-state index contributed by atoms with van der Waals surface area (Å²) in [6.07, 6.45) is -4.30. The molecule has 0 saturated carbocycles. The molecule has 0 saturated heterocycles. The molecule has 2 N–H and O–H groups in total. The monoisotopic (exact) mass is 764 g/mol. The molecule has 0 unspecified atom stereocenters. The Morgan fingerprint density at radius 2 is 1.76 bits per heavy atom. The summed E-state index contributed by atoms with van der Waals surface area (Å²) in [4.78, 5) is 52.4. The molecule has 0 bridgehead atoms. The maximum atomic E-state index is 14.2. The largest absolute Gasteiger partial charge is 0.491 e. The normalized spacial score (nSPS) is 14.9. The average Bonchev–Trinajstić information content (AvgIpc) is 3.41. The molecule has 0 spiro atoms. The SMILES string of the molecule is Cc1cc(C(=O)N2Cc3c(C(=O)NCc4ccccc4-c4ncccn4)n(-c4ccc(OC[C@H](O)C(F)(F)F)cc4)c(=O)n3C[C@@H]2C)ccc1Br. The van der Waals surface area contributed by atoms with E-state index in [1.165, 1.54) is 33.4 Å². The van der Waals surface area contributed by atoms with Crippen molar-refractivity contribution in [3.8, 4) is 22.8 Å². The Labute approximate surface area is 298 Å². The van der Waals surface area contributed by atoms with Gasteiger partial charge in [0.1, 0.15) is 18.1 Å². The fourth-order valence-corrected chi connectivity index (χ4v) is 6.10.